The van der Waals surface area contributed by atoms with Gasteiger partial charge in [-0.15, -0.1) is 10.2 Å². The van der Waals surface area contributed by atoms with Crippen LogP contribution in [0.15, 0.2) is 47.6 Å². The van der Waals surface area contributed by atoms with Gasteiger partial charge in [0.05, 0.1) is 17.9 Å². The number of hydrogen-bond donors (Lipinski definition) is 3. The fourth-order valence-corrected chi connectivity index (χ4v) is 4.05. The van der Waals surface area contributed by atoms with Crippen LogP contribution in [0.3, 0.4) is 0 Å². The van der Waals surface area contributed by atoms with Crippen LogP contribution in [-0.2, 0) is 17.9 Å². The molecule has 34 heavy (non-hydrogen) atoms. The molecule has 1 aromatic heterocycles. The van der Waals surface area contributed by atoms with Gasteiger partial charge in [-0.25, -0.2) is 4.79 Å². The first-order valence-electron chi connectivity index (χ1n) is 10.3. The summed E-state index contributed by atoms with van der Waals surface area (Å²) >= 11 is 1.19. The van der Waals surface area contributed by atoms with Gasteiger partial charge in [-0.3, -0.25) is 9.59 Å². The van der Waals surface area contributed by atoms with Crippen LogP contribution in [0.4, 0.5) is 5.69 Å². The third-order valence-corrected chi connectivity index (χ3v) is 5.84. The highest BCUT2D eigenvalue weighted by Gasteiger charge is 2.18. The molecule has 0 fully saturated rings. The molecule has 2 heterocycles. The summed E-state index contributed by atoms with van der Waals surface area (Å²) in [6.07, 6.45) is 0. The molecule has 2 amide bonds. The maximum absolute atomic E-state index is 12.5. The Balaban J connectivity index is 1.33. The second-order valence-corrected chi connectivity index (χ2v) is 8.06. The number of carboxylic acid groups (broad SMARTS) is 1. The Morgan fingerprint density at radius 3 is 2.71 bits per heavy atom. The number of benzene rings is 2. The van der Waals surface area contributed by atoms with Crippen LogP contribution >= 0.6 is 11.8 Å². The van der Waals surface area contributed by atoms with E-state index in [1.165, 1.54) is 23.9 Å². The van der Waals surface area contributed by atoms with Gasteiger partial charge in [0.15, 0.2) is 22.5 Å². The van der Waals surface area contributed by atoms with Crippen molar-refractivity contribution in [3.05, 3.63) is 59.4 Å². The minimum absolute atomic E-state index is 0.0546. The van der Waals surface area contributed by atoms with E-state index in [9.17, 15) is 14.4 Å². The zero-order valence-corrected chi connectivity index (χ0v) is 18.9. The second kappa shape index (κ2) is 10.3. The molecule has 1 aliphatic heterocycles. The number of thioether (sulfide) groups is 1. The number of anilines is 1. The van der Waals surface area contributed by atoms with Gasteiger partial charge in [0.25, 0.3) is 5.91 Å². The molecular formula is C22H21N5O6S. The average molecular weight is 484 g/mol. The van der Waals surface area contributed by atoms with Crippen LogP contribution in [-0.4, -0.2) is 50.2 Å². The third kappa shape index (κ3) is 5.29. The van der Waals surface area contributed by atoms with E-state index in [0.717, 1.165) is 0 Å². The monoisotopic (exact) mass is 483 g/mol. The number of aromatic nitrogens is 3. The van der Waals surface area contributed by atoms with Crippen molar-refractivity contribution in [2.75, 3.05) is 17.9 Å². The number of nitrogens with one attached hydrogen (secondary N) is 2. The molecule has 0 aliphatic carbocycles. The highest BCUT2D eigenvalue weighted by Crippen LogP contribution is 2.32. The molecule has 2 aromatic carbocycles. The number of carbonyl (C=O) groups excluding carboxylic acids is 2. The third-order valence-electron chi connectivity index (χ3n) is 4.88. The van der Waals surface area contributed by atoms with Crippen molar-refractivity contribution < 1.29 is 29.0 Å². The number of carboxylic acids is 1. The van der Waals surface area contributed by atoms with Crippen molar-refractivity contribution in [3.8, 4) is 11.5 Å². The normalized spacial score (nSPS) is 11.8. The lowest BCUT2D eigenvalue weighted by molar-refractivity contribution is -0.113. The molecule has 12 heteroatoms. The van der Waals surface area contributed by atoms with Gasteiger partial charge >= 0.3 is 5.97 Å². The fraction of sp³-hybridized carbons (Fsp3) is 0.227. The quantitative estimate of drug-likeness (QED) is 0.391. The van der Waals surface area contributed by atoms with E-state index in [4.69, 9.17) is 14.6 Å². The Kier molecular flexibility index (Phi) is 6.97. The molecule has 11 nitrogen and oxygen atoms in total. The van der Waals surface area contributed by atoms with Crippen molar-refractivity contribution in [2.45, 2.75) is 25.2 Å². The van der Waals surface area contributed by atoms with Gasteiger partial charge in [0.1, 0.15) is 0 Å². The van der Waals surface area contributed by atoms with Crippen molar-refractivity contribution in [1.82, 2.24) is 20.1 Å². The Morgan fingerprint density at radius 2 is 1.91 bits per heavy atom. The second-order valence-electron chi connectivity index (χ2n) is 7.12. The molecule has 0 bridgehead atoms. The number of amides is 2. The van der Waals surface area contributed by atoms with Crippen molar-refractivity contribution in [2.24, 2.45) is 0 Å². The molecule has 3 aromatic rings. The predicted molar refractivity (Wildman–Crippen MR) is 122 cm³/mol. The lowest BCUT2D eigenvalue weighted by Gasteiger charge is -2.09. The molecule has 0 spiro atoms. The van der Waals surface area contributed by atoms with Gasteiger partial charge in [-0.1, -0.05) is 17.8 Å². The number of nitrogens with zero attached hydrogens (tertiary/aromatic N) is 3. The van der Waals surface area contributed by atoms with E-state index in [-0.39, 0.29) is 36.5 Å². The molecule has 1 aliphatic rings. The summed E-state index contributed by atoms with van der Waals surface area (Å²) in [4.78, 5) is 35.9. The minimum atomic E-state index is -1.07. The zero-order valence-electron chi connectivity index (χ0n) is 18.1. The predicted octanol–water partition coefficient (Wildman–Crippen LogP) is 2.39. The van der Waals surface area contributed by atoms with Crippen LogP contribution in [0.1, 0.15) is 33.5 Å². The van der Waals surface area contributed by atoms with Crippen LogP contribution in [0, 0.1) is 0 Å². The topological polar surface area (TPSA) is 145 Å². The Morgan fingerprint density at radius 1 is 1.09 bits per heavy atom. The van der Waals surface area contributed by atoms with Gasteiger partial charge in [-0.2, -0.15) is 0 Å². The standard InChI is InChI=1S/C22H21N5O6S/c1-2-27-18(10-23-20(29)13-6-7-16-17(9-13)33-12-32-16)25-26-22(27)34-11-19(28)24-15-5-3-4-14(8-15)21(30)31/h3-9H,2,10-12H2,1H3,(H,23,29)(H,24,28)(H,30,31). The summed E-state index contributed by atoms with van der Waals surface area (Å²) in [6, 6.07) is 11.0. The number of carbonyl (C=O) groups is 3. The Bertz CT molecular complexity index is 1240. The van der Waals surface area contributed by atoms with E-state index in [1.807, 2.05) is 11.5 Å². The first kappa shape index (κ1) is 23.1. The van der Waals surface area contributed by atoms with E-state index in [0.29, 0.717) is 40.3 Å². The molecule has 3 N–H and O–H groups in total. The maximum atomic E-state index is 12.5. The Hall–Kier alpha value is -4.06. The van der Waals surface area contributed by atoms with E-state index in [2.05, 4.69) is 20.8 Å². The van der Waals surface area contributed by atoms with Gasteiger partial charge < -0.3 is 29.8 Å². The summed E-state index contributed by atoms with van der Waals surface area (Å²) < 4.78 is 12.4. The zero-order chi connectivity index (χ0) is 24.1. The molecule has 0 saturated carbocycles. The molecule has 0 saturated heterocycles. The number of hydrogen-bond acceptors (Lipinski definition) is 8. The molecule has 176 valence electrons. The smallest absolute Gasteiger partial charge is 0.335 e. The summed E-state index contributed by atoms with van der Waals surface area (Å²) in [7, 11) is 0. The van der Waals surface area contributed by atoms with Gasteiger partial charge in [-0.05, 0) is 43.3 Å². The van der Waals surface area contributed by atoms with Crippen molar-refractivity contribution in [1.29, 1.82) is 0 Å². The fourth-order valence-electron chi connectivity index (χ4n) is 3.23. The maximum Gasteiger partial charge on any atom is 0.335 e. The molecule has 0 unspecified atom stereocenters. The van der Waals surface area contributed by atoms with E-state index < -0.39 is 5.97 Å². The largest absolute Gasteiger partial charge is 0.478 e. The van der Waals surface area contributed by atoms with Crippen molar-refractivity contribution in [3.63, 3.8) is 0 Å². The lowest BCUT2D eigenvalue weighted by atomic mass is 10.2. The van der Waals surface area contributed by atoms with E-state index >= 15 is 0 Å². The Labute approximate surface area is 198 Å². The number of rotatable bonds is 9. The number of fused-ring (bicyclic) bond motifs is 1. The van der Waals surface area contributed by atoms with Crippen LogP contribution < -0.4 is 20.1 Å². The summed E-state index contributed by atoms with van der Waals surface area (Å²) in [5.41, 5.74) is 0.919. The number of aromatic carboxylic acids is 1. The van der Waals surface area contributed by atoms with Crippen LogP contribution in [0.2, 0.25) is 0 Å². The average Bonchev–Trinajstić information content (AvgIpc) is 3.47. The molecule has 0 atom stereocenters. The minimum Gasteiger partial charge on any atom is -0.478 e. The van der Waals surface area contributed by atoms with Gasteiger partial charge in [0.2, 0.25) is 12.7 Å². The van der Waals surface area contributed by atoms with Crippen molar-refractivity contribution >= 4 is 35.2 Å². The molecule has 4 rings (SSSR count). The first-order valence-corrected chi connectivity index (χ1v) is 11.3. The summed E-state index contributed by atoms with van der Waals surface area (Å²) in [5.74, 6) is 0.0582. The van der Waals surface area contributed by atoms with Crippen LogP contribution in [0.5, 0.6) is 11.5 Å². The first-order chi connectivity index (χ1) is 16.4. The van der Waals surface area contributed by atoms with Crippen LogP contribution in [0.25, 0.3) is 0 Å². The molecular weight excluding hydrogens is 462 g/mol. The lowest BCUT2D eigenvalue weighted by Crippen LogP contribution is -2.24. The van der Waals surface area contributed by atoms with Gasteiger partial charge in [0, 0.05) is 17.8 Å². The summed E-state index contributed by atoms with van der Waals surface area (Å²) in [6.45, 7) is 2.75. The highest BCUT2D eigenvalue weighted by molar-refractivity contribution is 7.99. The molecule has 0 radical (unpaired) electrons. The van der Waals surface area contributed by atoms with E-state index in [1.54, 1.807) is 30.3 Å². The number of ether oxygens (including phenoxy) is 2. The summed E-state index contributed by atoms with van der Waals surface area (Å²) in [5, 5.41) is 23.3. The SMILES string of the molecule is CCn1c(CNC(=O)c2ccc3c(c2)OCO3)nnc1SCC(=O)Nc1cccc(C(=O)O)c1. The highest BCUT2D eigenvalue weighted by atomic mass is 32.2.